The van der Waals surface area contributed by atoms with Crippen molar-refractivity contribution in [2.45, 2.75) is 38.5 Å². The summed E-state index contributed by atoms with van der Waals surface area (Å²) >= 11 is 0. The van der Waals surface area contributed by atoms with E-state index >= 15 is 0 Å². The van der Waals surface area contributed by atoms with Crippen LogP contribution in [0.5, 0.6) is 0 Å². The summed E-state index contributed by atoms with van der Waals surface area (Å²) in [6.45, 7) is 2.95. The van der Waals surface area contributed by atoms with Gasteiger partial charge in [-0.2, -0.15) is 0 Å². The molecule has 1 fully saturated rings. The molecule has 1 unspecified atom stereocenters. The molecule has 1 N–H and O–H groups in total. The molecule has 0 bridgehead atoms. The van der Waals surface area contributed by atoms with Crippen molar-refractivity contribution in [1.82, 2.24) is 19.5 Å². The molecule has 0 spiro atoms. The second-order valence-corrected chi connectivity index (χ2v) is 6.25. The zero-order valence-electron chi connectivity index (χ0n) is 13.7. The average molecular weight is 323 g/mol. The summed E-state index contributed by atoms with van der Waals surface area (Å²) in [6.07, 6.45) is 6.45. The Kier molecular flexibility index (Phi) is 4.13. The normalized spacial score (nSPS) is 18.8. The molecule has 1 aliphatic rings. The van der Waals surface area contributed by atoms with Crippen molar-refractivity contribution in [3.8, 4) is 0 Å². The summed E-state index contributed by atoms with van der Waals surface area (Å²) in [4.78, 5) is 13.3. The molecular formula is C18H21N5O. The van der Waals surface area contributed by atoms with Crippen LogP contribution in [0.3, 0.4) is 0 Å². The Morgan fingerprint density at radius 3 is 2.92 bits per heavy atom. The van der Waals surface area contributed by atoms with E-state index in [1.54, 1.807) is 6.33 Å². The van der Waals surface area contributed by atoms with Crippen molar-refractivity contribution in [2.24, 2.45) is 0 Å². The summed E-state index contributed by atoms with van der Waals surface area (Å²) in [5.41, 5.74) is 2.92. The van der Waals surface area contributed by atoms with Gasteiger partial charge in [-0.3, -0.25) is 4.57 Å². The van der Waals surface area contributed by atoms with Crippen LogP contribution in [0.1, 0.15) is 31.6 Å². The number of hydrogen-bond acceptors (Lipinski definition) is 5. The Balaban J connectivity index is 1.56. The number of hydrogen-bond donors (Lipinski definition) is 1. The van der Waals surface area contributed by atoms with Crippen LogP contribution in [0.15, 0.2) is 43.0 Å². The summed E-state index contributed by atoms with van der Waals surface area (Å²) in [5.74, 6) is 0.778. The quantitative estimate of drug-likeness (QED) is 0.781. The van der Waals surface area contributed by atoms with Gasteiger partial charge in [0, 0.05) is 12.6 Å². The molecule has 0 aliphatic carbocycles. The molecule has 0 saturated carbocycles. The van der Waals surface area contributed by atoms with E-state index in [1.165, 1.54) is 5.56 Å². The highest BCUT2D eigenvalue weighted by molar-refractivity contribution is 5.82. The minimum atomic E-state index is 0.0412. The first-order valence-electron chi connectivity index (χ1n) is 8.41. The van der Waals surface area contributed by atoms with Gasteiger partial charge in [-0.1, -0.05) is 30.3 Å². The van der Waals surface area contributed by atoms with Crippen LogP contribution in [0.2, 0.25) is 0 Å². The van der Waals surface area contributed by atoms with Crippen LogP contribution in [0, 0.1) is 0 Å². The molecular weight excluding hydrogens is 302 g/mol. The third kappa shape index (κ3) is 2.97. The number of benzene rings is 1. The molecule has 6 heteroatoms. The van der Waals surface area contributed by atoms with Crippen LogP contribution >= 0.6 is 0 Å². The molecule has 0 radical (unpaired) electrons. The fourth-order valence-corrected chi connectivity index (χ4v) is 3.20. The minimum absolute atomic E-state index is 0.0412. The lowest BCUT2D eigenvalue weighted by Gasteiger charge is -2.15. The van der Waals surface area contributed by atoms with Crippen molar-refractivity contribution in [3.63, 3.8) is 0 Å². The van der Waals surface area contributed by atoms with E-state index in [9.17, 15) is 0 Å². The molecule has 1 saturated heterocycles. The number of aromatic nitrogens is 4. The molecule has 1 aliphatic heterocycles. The molecule has 1 aromatic carbocycles. The van der Waals surface area contributed by atoms with Gasteiger partial charge in [0.05, 0.1) is 6.33 Å². The van der Waals surface area contributed by atoms with E-state index in [-0.39, 0.29) is 12.3 Å². The fourth-order valence-electron chi connectivity index (χ4n) is 3.20. The fraction of sp³-hybridized carbons (Fsp3) is 0.389. The van der Waals surface area contributed by atoms with Gasteiger partial charge in [-0.25, -0.2) is 15.0 Å². The number of rotatable bonds is 5. The zero-order chi connectivity index (χ0) is 16.4. The number of imidazole rings is 1. The van der Waals surface area contributed by atoms with Gasteiger partial charge in [-0.05, 0) is 31.7 Å². The van der Waals surface area contributed by atoms with Gasteiger partial charge in [0.2, 0.25) is 0 Å². The molecule has 0 amide bonds. The van der Waals surface area contributed by atoms with Crippen LogP contribution in [-0.4, -0.2) is 32.2 Å². The summed E-state index contributed by atoms with van der Waals surface area (Å²) in [6, 6.07) is 10.7. The van der Waals surface area contributed by atoms with E-state index in [1.807, 2.05) is 17.0 Å². The third-order valence-corrected chi connectivity index (χ3v) is 4.34. The summed E-state index contributed by atoms with van der Waals surface area (Å²) in [7, 11) is 0. The lowest BCUT2D eigenvalue weighted by Crippen LogP contribution is -2.19. The first-order valence-corrected chi connectivity index (χ1v) is 8.41. The average Bonchev–Trinajstić information content (AvgIpc) is 3.25. The van der Waals surface area contributed by atoms with Gasteiger partial charge in [0.25, 0.3) is 0 Å². The van der Waals surface area contributed by atoms with E-state index in [0.717, 1.165) is 42.9 Å². The third-order valence-electron chi connectivity index (χ3n) is 4.34. The molecule has 4 rings (SSSR count). The first kappa shape index (κ1) is 15.1. The maximum absolute atomic E-state index is 5.75. The van der Waals surface area contributed by atoms with Crippen LogP contribution in [-0.2, 0) is 11.2 Å². The molecule has 2 aromatic heterocycles. The van der Waals surface area contributed by atoms with Crippen molar-refractivity contribution in [2.75, 3.05) is 11.9 Å². The first-order chi connectivity index (χ1) is 11.8. The van der Waals surface area contributed by atoms with Crippen LogP contribution in [0.4, 0.5) is 5.82 Å². The Hall–Kier alpha value is -2.47. The maximum atomic E-state index is 5.75. The second kappa shape index (κ2) is 6.57. The number of ether oxygens (including phenoxy) is 1. The Bertz CT molecular complexity index is 811. The second-order valence-electron chi connectivity index (χ2n) is 6.25. The lowest BCUT2D eigenvalue weighted by molar-refractivity contribution is 0.0593. The zero-order valence-corrected chi connectivity index (χ0v) is 13.7. The lowest BCUT2D eigenvalue weighted by atomic mass is 10.1. The van der Waals surface area contributed by atoms with Crippen molar-refractivity contribution < 1.29 is 4.74 Å². The van der Waals surface area contributed by atoms with Gasteiger partial charge >= 0.3 is 0 Å². The predicted octanol–water partition coefficient (Wildman–Crippen LogP) is 3.18. The largest absolute Gasteiger partial charge is 0.365 e. The van der Waals surface area contributed by atoms with Gasteiger partial charge in [0.15, 0.2) is 17.0 Å². The number of nitrogens with zero attached hydrogens (tertiary/aromatic N) is 4. The summed E-state index contributed by atoms with van der Waals surface area (Å²) < 4.78 is 7.76. The van der Waals surface area contributed by atoms with Crippen molar-refractivity contribution in [3.05, 3.63) is 48.5 Å². The molecule has 2 atom stereocenters. The summed E-state index contributed by atoms with van der Waals surface area (Å²) in [5, 5.41) is 3.47. The van der Waals surface area contributed by atoms with E-state index in [2.05, 4.69) is 51.5 Å². The smallest absolute Gasteiger partial charge is 0.167 e. The topological polar surface area (TPSA) is 64.9 Å². The number of anilines is 1. The number of fused-ring (bicyclic) bond motifs is 1. The van der Waals surface area contributed by atoms with Crippen molar-refractivity contribution in [1.29, 1.82) is 0 Å². The highest BCUT2D eigenvalue weighted by Crippen LogP contribution is 2.27. The van der Waals surface area contributed by atoms with Crippen LogP contribution < -0.4 is 5.32 Å². The van der Waals surface area contributed by atoms with Crippen molar-refractivity contribution >= 4 is 17.0 Å². The highest BCUT2D eigenvalue weighted by atomic mass is 16.5. The Morgan fingerprint density at radius 1 is 1.25 bits per heavy atom. The Labute approximate surface area is 140 Å². The number of nitrogens with one attached hydrogen (secondary N) is 1. The predicted molar refractivity (Wildman–Crippen MR) is 92.8 cm³/mol. The van der Waals surface area contributed by atoms with E-state index < -0.39 is 0 Å². The van der Waals surface area contributed by atoms with E-state index in [0.29, 0.717) is 0 Å². The molecule has 3 heterocycles. The standard InChI is InChI=1S/C18H21N5O/c1-13(10-14-6-3-2-4-7-14)22-17-16-18(20-11-19-17)23(12-21-16)15-8-5-9-24-15/h2-4,6-7,11-13,15H,5,8-10H2,1H3,(H,19,20,22)/t13-,15?/m1/s1. The molecule has 24 heavy (non-hydrogen) atoms. The van der Waals surface area contributed by atoms with Gasteiger partial charge in [0.1, 0.15) is 12.6 Å². The Morgan fingerprint density at radius 2 is 2.12 bits per heavy atom. The van der Waals surface area contributed by atoms with Gasteiger partial charge < -0.3 is 10.1 Å². The molecule has 124 valence electrons. The maximum Gasteiger partial charge on any atom is 0.167 e. The van der Waals surface area contributed by atoms with E-state index in [4.69, 9.17) is 4.74 Å². The minimum Gasteiger partial charge on any atom is -0.365 e. The van der Waals surface area contributed by atoms with Crippen LogP contribution in [0.25, 0.3) is 11.2 Å². The highest BCUT2D eigenvalue weighted by Gasteiger charge is 2.21. The SMILES string of the molecule is C[C@H](Cc1ccccc1)Nc1ncnc2c1ncn2C1CCCO1. The monoisotopic (exact) mass is 323 g/mol. The van der Waals surface area contributed by atoms with Gasteiger partial charge in [-0.15, -0.1) is 0 Å². The molecule has 3 aromatic rings. The molecule has 6 nitrogen and oxygen atoms in total.